The molecular formula is C23H40O3. The minimum absolute atomic E-state index is 0.0763. The molecule has 0 heterocycles. The van der Waals surface area contributed by atoms with Gasteiger partial charge in [0.1, 0.15) is 6.10 Å². The van der Waals surface area contributed by atoms with E-state index in [1.807, 2.05) is 6.08 Å². The smallest absolute Gasteiger partial charge is 0.309 e. The van der Waals surface area contributed by atoms with Gasteiger partial charge in [-0.15, -0.1) is 6.58 Å². The number of hydrogen-bond acceptors (Lipinski definition) is 3. The third-order valence-electron chi connectivity index (χ3n) is 6.21. The number of carbonyl (C=O) groups is 1. The normalized spacial score (nSPS) is 29.3. The van der Waals surface area contributed by atoms with Gasteiger partial charge in [-0.25, -0.2) is 0 Å². The molecule has 0 N–H and O–H groups in total. The Bertz CT molecular complexity index is 390. The molecular weight excluding hydrogens is 324 g/mol. The maximum atomic E-state index is 12.5. The molecule has 0 bridgehead atoms. The summed E-state index contributed by atoms with van der Waals surface area (Å²) in [5.41, 5.74) is 0. The summed E-state index contributed by atoms with van der Waals surface area (Å²) in [6.45, 7) is 6.82. The number of carbonyl (C=O) groups excluding carboxylic acids is 1. The summed E-state index contributed by atoms with van der Waals surface area (Å²) in [4.78, 5) is 12.5. The predicted octanol–water partition coefficient (Wildman–Crippen LogP) is 6.21. The lowest BCUT2D eigenvalue weighted by Gasteiger charge is -2.31. The average molecular weight is 365 g/mol. The molecule has 26 heavy (non-hydrogen) atoms. The highest BCUT2D eigenvalue weighted by molar-refractivity contribution is 5.72. The fourth-order valence-corrected chi connectivity index (χ4v) is 4.42. The largest absolute Gasteiger partial charge is 0.462 e. The van der Waals surface area contributed by atoms with Crippen molar-refractivity contribution in [2.24, 2.45) is 11.8 Å². The van der Waals surface area contributed by atoms with Crippen molar-refractivity contribution in [3.8, 4) is 0 Å². The first kappa shape index (κ1) is 21.5. The molecule has 0 spiro atoms. The SMILES string of the molecule is C=CCCCOC1CCC(OC(=O)C2CCC(CCCCC)CC2)CC1. The first-order valence-electron chi connectivity index (χ1n) is 11.2. The van der Waals surface area contributed by atoms with Crippen LogP contribution >= 0.6 is 0 Å². The van der Waals surface area contributed by atoms with Crippen LogP contribution in [0.1, 0.15) is 96.8 Å². The van der Waals surface area contributed by atoms with Crippen molar-refractivity contribution < 1.29 is 14.3 Å². The molecule has 2 rings (SSSR count). The van der Waals surface area contributed by atoms with Crippen LogP contribution in [0, 0.1) is 11.8 Å². The third-order valence-corrected chi connectivity index (χ3v) is 6.21. The molecule has 0 radical (unpaired) electrons. The summed E-state index contributed by atoms with van der Waals surface area (Å²) in [5, 5.41) is 0. The summed E-state index contributed by atoms with van der Waals surface area (Å²) in [6.07, 6.45) is 18.3. The molecule has 3 nitrogen and oxygen atoms in total. The molecule has 0 saturated heterocycles. The van der Waals surface area contributed by atoms with Gasteiger partial charge in [0.2, 0.25) is 0 Å². The fourth-order valence-electron chi connectivity index (χ4n) is 4.42. The topological polar surface area (TPSA) is 35.5 Å². The molecule has 2 fully saturated rings. The van der Waals surface area contributed by atoms with E-state index in [-0.39, 0.29) is 18.0 Å². The third kappa shape index (κ3) is 7.82. The fraction of sp³-hybridized carbons (Fsp3) is 0.870. The Labute approximate surface area is 160 Å². The second-order valence-corrected chi connectivity index (χ2v) is 8.35. The van der Waals surface area contributed by atoms with Crippen molar-refractivity contribution in [3.63, 3.8) is 0 Å². The molecule has 0 amide bonds. The van der Waals surface area contributed by atoms with E-state index in [9.17, 15) is 4.79 Å². The minimum Gasteiger partial charge on any atom is -0.462 e. The number of hydrogen-bond donors (Lipinski definition) is 0. The van der Waals surface area contributed by atoms with Gasteiger partial charge in [-0.2, -0.15) is 0 Å². The van der Waals surface area contributed by atoms with Crippen LogP contribution in [0.15, 0.2) is 12.7 Å². The van der Waals surface area contributed by atoms with Gasteiger partial charge in [0.15, 0.2) is 0 Å². The minimum atomic E-state index is 0.0763. The van der Waals surface area contributed by atoms with Crippen molar-refractivity contribution in [2.45, 2.75) is 109 Å². The van der Waals surface area contributed by atoms with E-state index in [4.69, 9.17) is 9.47 Å². The molecule has 2 saturated carbocycles. The zero-order valence-electron chi connectivity index (χ0n) is 16.9. The maximum absolute atomic E-state index is 12.5. The van der Waals surface area contributed by atoms with E-state index in [1.54, 1.807) is 0 Å². The summed E-state index contributed by atoms with van der Waals surface area (Å²) in [7, 11) is 0. The molecule has 0 unspecified atom stereocenters. The summed E-state index contributed by atoms with van der Waals surface area (Å²) in [6, 6.07) is 0. The highest BCUT2D eigenvalue weighted by Gasteiger charge is 2.30. The van der Waals surface area contributed by atoms with Crippen LogP contribution in [0.25, 0.3) is 0 Å². The Hall–Kier alpha value is -0.830. The molecule has 2 aliphatic rings. The Morgan fingerprint density at radius 1 is 0.962 bits per heavy atom. The van der Waals surface area contributed by atoms with Gasteiger partial charge in [-0.1, -0.05) is 38.7 Å². The first-order valence-corrected chi connectivity index (χ1v) is 11.2. The number of unbranched alkanes of at least 4 members (excludes halogenated alkanes) is 3. The standard InChI is InChI=1S/C23H40O3/c1-3-5-7-9-19-10-12-20(13-11-19)23(24)26-22-16-14-21(15-17-22)25-18-8-6-4-2/h4,19-22H,2-3,5-18H2,1H3. The lowest BCUT2D eigenvalue weighted by Crippen LogP contribution is -2.32. The van der Waals surface area contributed by atoms with Crippen LogP contribution in [-0.2, 0) is 14.3 Å². The summed E-state index contributed by atoms with van der Waals surface area (Å²) >= 11 is 0. The molecule has 0 aliphatic heterocycles. The number of allylic oxidation sites excluding steroid dienone is 1. The highest BCUT2D eigenvalue weighted by atomic mass is 16.5. The van der Waals surface area contributed by atoms with Crippen molar-refractivity contribution in [2.75, 3.05) is 6.61 Å². The van der Waals surface area contributed by atoms with Crippen LogP contribution in [0.5, 0.6) is 0 Å². The average Bonchev–Trinajstić information content (AvgIpc) is 2.67. The van der Waals surface area contributed by atoms with Crippen molar-refractivity contribution >= 4 is 5.97 Å². The molecule has 0 aromatic carbocycles. The van der Waals surface area contributed by atoms with Crippen LogP contribution in [0.3, 0.4) is 0 Å². The van der Waals surface area contributed by atoms with Crippen LogP contribution < -0.4 is 0 Å². The zero-order chi connectivity index (χ0) is 18.6. The van der Waals surface area contributed by atoms with E-state index < -0.39 is 0 Å². The van der Waals surface area contributed by atoms with E-state index in [2.05, 4.69) is 13.5 Å². The van der Waals surface area contributed by atoms with Crippen molar-refractivity contribution in [1.29, 1.82) is 0 Å². The van der Waals surface area contributed by atoms with E-state index in [0.29, 0.717) is 6.10 Å². The second-order valence-electron chi connectivity index (χ2n) is 8.35. The Kier molecular flexibility index (Phi) is 10.4. The van der Waals surface area contributed by atoms with Gasteiger partial charge >= 0.3 is 5.97 Å². The Morgan fingerprint density at radius 2 is 1.65 bits per heavy atom. The van der Waals surface area contributed by atoms with E-state index in [1.165, 1.54) is 38.5 Å². The molecule has 0 aromatic rings. The molecule has 0 atom stereocenters. The number of esters is 1. The van der Waals surface area contributed by atoms with Gasteiger partial charge in [-0.05, 0) is 70.1 Å². The zero-order valence-corrected chi connectivity index (χ0v) is 16.9. The van der Waals surface area contributed by atoms with Crippen LogP contribution in [-0.4, -0.2) is 24.8 Å². The van der Waals surface area contributed by atoms with Gasteiger partial charge in [0, 0.05) is 6.61 Å². The Morgan fingerprint density at radius 3 is 2.31 bits per heavy atom. The van der Waals surface area contributed by atoms with Crippen molar-refractivity contribution in [3.05, 3.63) is 12.7 Å². The van der Waals surface area contributed by atoms with Gasteiger partial charge in [0.25, 0.3) is 0 Å². The van der Waals surface area contributed by atoms with Gasteiger partial charge < -0.3 is 9.47 Å². The number of rotatable bonds is 11. The maximum Gasteiger partial charge on any atom is 0.309 e. The van der Waals surface area contributed by atoms with E-state index >= 15 is 0 Å². The first-order chi connectivity index (χ1) is 12.7. The van der Waals surface area contributed by atoms with Gasteiger partial charge in [-0.3, -0.25) is 4.79 Å². The molecule has 150 valence electrons. The van der Waals surface area contributed by atoms with Crippen molar-refractivity contribution in [1.82, 2.24) is 0 Å². The monoisotopic (exact) mass is 364 g/mol. The lowest BCUT2D eigenvalue weighted by molar-refractivity contribution is -0.158. The quantitative estimate of drug-likeness (QED) is 0.248. The van der Waals surface area contributed by atoms with E-state index in [0.717, 1.165) is 63.9 Å². The molecule has 2 aliphatic carbocycles. The van der Waals surface area contributed by atoms with Crippen LogP contribution in [0.2, 0.25) is 0 Å². The summed E-state index contributed by atoms with van der Waals surface area (Å²) < 4.78 is 11.8. The Balaban J connectivity index is 1.57. The van der Waals surface area contributed by atoms with Gasteiger partial charge in [0.05, 0.1) is 12.0 Å². The molecule has 0 aromatic heterocycles. The second kappa shape index (κ2) is 12.5. The van der Waals surface area contributed by atoms with Crippen LogP contribution in [0.4, 0.5) is 0 Å². The predicted molar refractivity (Wildman–Crippen MR) is 107 cm³/mol. The number of ether oxygens (including phenoxy) is 2. The highest BCUT2D eigenvalue weighted by Crippen LogP contribution is 2.33. The molecule has 3 heteroatoms. The summed E-state index contributed by atoms with van der Waals surface area (Å²) in [5.74, 6) is 1.08. The lowest BCUT2D eigenvalue weighted by atomic mass is 9.79.